The second kappa shape index (κ2) is 5.29. The van der Waals surface area contributed by atoms with Crippen LogP contribution < -0.4 is 5.43 Å². The van der Waals surface area contributed by atoms with E-state index in [0.717, 1.165) is 30.9 Å². The fourth-order valence-electron chi connectivity index (χ4n) is 1.96. The Labute approximate surface area is 102 Å². The first-order valence-corrected chi connectivity index (χ1v) is 6.07. The third-order valence-electron chi connectivity index (χ3n) is 2.73. The highest BCUT2D eigenvalue weighted by atomic mass is 15.5. The topological polar surface area (TPSA) is 33.1 Å². The SMILES string of the molecule is CCCn1c(CNN(C)C)nc2ccccc21. The first kappa shape index (κ1) is 12.1. The summed E-state index contributed by atoms with van der Waals surface area (Å²) >= 11 is 0. The van der Waals surface area contributed by atoms with Gasteiger partial charge in [-0.3, -0.25) is 5.01 Å². The maximum Gasteiger partial charge on any atom is 0.125 e. The Balaban J connectivity index is 2.35. The van der Waals surface area contributed by atoms with Crippen LogP contribution in [0.4, 0.5) is 0 Å². The number of nitrogens with one attached hydrogen (secondary N) is 1. The van der Waals surface area contributed by atoms with E-state index in [1.165, 1.54) is 5.52 Å². The molecule has 2 rings (SSSR count). The molecule has 0 aliphatic heterocycles. The highest BCUT2D eigenvalue weighted by Crippen LogP contribution is 2.16. The van der Waals surface area contributed by atoms with Crippen molar-refractivity contribution in [2.75, 3.05) is 14.1 Å². The summed E-state index contributed by atoms with van der Waals surface area (Å²) in [6.45, 7) is 3.98. The van der Waals surface area contributed by atoms with Crippen LogP contribution in [0.15, 0.2) is 24.3 Å². The number of imidazole rings is 1. The third-order valence-corrected chi connectivity index (χ3v) is 2.73. The summed E-state index contributed by atoms with van der Waals surface area (Å²) in [6, 6.07) is 8.31. The number of benzene rings is 1. The fraction of sp³-hybridized carbons (Fsp3) is 0.462. The van der Waals surface area contributed by atoms with E-state index in [9.17, 15) is 0 Å². The van der Waals surface area contributed by atoms with Gasteiger partial charge in [0, 0.05) is 20.6 Å². The Morgan fingerprint density at radius 2 is 2.06 bits per heavy atom. The smallest absolute Gasteiger partial charge is 0.125 e. The molecule has 0 saturated heterocycles. The van der Waals surface area contributed by atoms with Crippen LogP contribution in [-0.2, 0) is 13.1 Å². The van der Waals surface area contributed by atoms with E-state index in [4.69, 9.17) is 0 Å². The number of hydrogen-bond acceptors (Lipinski definition) is 3. The molecule has 0 atom stereocenters. The van der Waals surface area contributed by atoms with Gasteiger partial charge >= 0.3 is 0 Å². The second-order valence-electron chi connectivity index (χ2n) is 4.40. The van der Waals surface area contributed by atoms with Crippen LogP contribution in [0.25, 0.3) is 11.0 Å². The summed E-state index contributed by atoms with van der Waals surface area (Å²) in [4.78, 5) is 4.68. The number of para-hydroxylation sites is 2. The number of nitrogens with zero attached hydrogens (tertiary/aromatic N) is 3. The van der Waals surface area contributed by atoms with Gasteiger partial charge in [-0.1, -0.05) is 19.1 Å². The minimum Gasteiger partial charge on any atom is -0.327 e. The average molecular weight is 232 g/mol. The maximum absolute atomic E-state index is 4.68. The molecule has 0 fully saturated rings. The van der Waals surface area contributed by atoms with E-state index in [1.54, 1.807) is 0 Å². The van der Waals surface area contributed by atoms with E-state index in [0.29, 0.717) is 0 Å². The van der Waals surface area contributed by atoms with Crippen molar-refractivity contribution in [1.82, 2.24) is 20.0 Å². The monoisotopic (exact) mass is 232 g/mol. The predicted molar refractivity (Wildman–Crippen MR) is 70.6 cm³/mol. The molecule has 0 amide bonds. The normalized spacial score (nSPS) is 11.5. The lowest BCUT2D eigenvalue weighted by atomic mass is 10.3. The van der Waals surface area contributed by atoms with Gasteiger partial charge in [0.1, 0.15) is 5.82 Å². The van der Waals surface area contributed by atoms with E-state index in [2.05, 4.69) is 40.1 Å². The molecule has 4 nitrogen and oxygen atoms in total. The highest BCUT2D eigenvalue weighted by Gasteiger charge is 2.09. The van der Waals surface area contributed by atoms with Crippen molar-refractivity contribution in [3.05, 3.63) is 30.1 Å². The zero-order valence-corrected chi connectivity index (χ0v) is 10.8. The largest absolute Gasteiger partial charge is 0.327 e. The second-order valence-corrected chi connectivity index (χ2v) is 4.40. The van der Waals surface area contributed by atoms with Gasteiger partial charge in [0.25, 0.3) is 0 Å². The lowest BCUT2D eigenvalue weighted by Crippen LogP contribution is -2.30. The van der Waals surface area contributed by atoms with Gasteiger partial charge in [-0.05, 0) is 18.6 Å². The molecule has 0 saturated carbocycles. The van der Waals surface area contributed by atoms with E-state index < -0.39 is 0 Å². The molecule has 1 N–H and O–H groups in total. The Morgan fingerprint density at radius 1 is 1.29 bits per heavy atom. The van der Waals surface area contributed by atoms with Gasteiger partial charge in [-0.25, -0.2) is 10.4 Å². The molecule has 1 heterocycles. The van der Waals surface area contributed by atoms with Crippen LogP contribution in [0.3, 0.4) is 0 Å². The van der Waals surface area contributed by atoms with Gasteiger partial charge in [0.05, 0.1) is 17.6 Å². The Morgan fingerprint density at radius 3 is 2.76 bits per heavy atom. The quantitative estimate of drug-likeness (QED) is 0.801. The molecule has 4 heteroatoms. The summed E-state index contributed by atoms with van der Waals surface area (Å²) < 4.78 is 2.30. The fourth-order valence-corrected chi connectivity index (χ4v) is 1.96. The molecule has 0 aliphatic carbocycles. The molecule has 17 heavy (non-hydrogen) atoms. The van der Waals surface area contributed by atoms with Crippen molar-refractivity contribution in [1.29, 1.82) is 0 Å². The predicted octanol–water partition coefficient (Wildman–Crippen LogP) is 2.01. The van der Waals surface area contributed by atoms with Gasteiger partial charge in [-0.15, -0.1) is 0 Å². The molecule has 2 aromatic rings. The highest BCUT2D eigenvalue weighted by molar-refractivity contribution is 5.75. The van der Waals surface area contributed by atoms with Crippen molar-refractivity contribution in [3.8, 4) is 0 Å². The van der Waals surface area contributed by atoms with E-state index >= 15 is 0 Å². The van der Waals surface area contributed by atoms with Crippen molar-refractivity contribution in [2.45, 2.75) is 26.4 Å². The summed E-state index contributed by atoms with van der Waals surface area (Å²) in [5.41, 5.74) is 5.58. The summed E-state index contributed by atoms with van der Waals surface area (Å²) in [7, 11) is 3.99. The molecule has 92 valence electrons. The Bertz CT molecular complexity index is 487. The third kappa shape index (κ3) is 2.65. The summed E-state index contributed by atoms with van der Waals surface area (Å²) in [5.74, 6) is 1.10. The lowest BCUT2D eigenvalue weighted by Gasteiger charge is -2.13. The van der Waals surface area contributed by atoms with Gasteiger partial charge in [-0.2, -0.15) is 0 Å². The number of fused-ring (bicyclic) bond motifs is 1. The first-order chi connectivity index (χ1) is 8.22. The number of aromatic nitrogens is 2. The summed E-state index contributed by atoms with van der Waals surface area (Å²) in [6.07, 6.45) is 1.12. The van der Waals surface area contributed by atoms with E-state index in [-0.39, 0.29) is 0 Å². The number of hydrogen-bond donors (Lipinski definition) is 1. The van der Waals surface area contributed by atoms with Gasteiger partial charge in [0.15, 0.2) is 0 Å². The van der Waals surface area contributed by atoms with Crippen molar-refractivity contribution in [3.63, 3.8) is 0 Å². The zero-order chi connectivity index (χ0) is 12.3. The van der Waals surface area contributed by atoms with Crippen LogP contribution >= 0.6 is 0 Å². The minimum absolute atomic E-state index is 0.766. The zero-order valence-electron chi connectivity index (χ0n) is 10.8. The summed E-state index contributed by atoms with van der Waals surface area (Å²) in [5, 5.41) is 1.95. The number of hydrazine groups is 1. The van der Waals surface area contributed by atoms with Crippen LogP contribution in [-0.4, -0.2) is 28.7 Å². The molecule has 0 radical (unpaired) electrons. The number of aryl methyl sites for hydroxylation is 1. The maximum atomic E-state index is 4.68. The van der Waals surface area contributed by atoms with Gasteiger partial charge in [0.2, 0.25) is 0 Å². The Kier molecular flexibility index (Phi) is 3.76. The van der Waals surface area contributed by atoms with Gasteiger partial charge < -0.3 is 4.57 Å². The van der Waals surface area contributed by atoms with Crippen molar-refractivity contribution in [2.24, 2.45) is 0 Å². The average Bonchev–Trinajstić information content (AvgIpc) is 2.66. The molecule has 0 spiro atoms. The first-order valence-electron chi connectivity index (χ1n) is 6.07. The van der Waals surface area contributed by atoms with Crippen LogP contribution in [0.2, 0.25) is 0 Å². The molecule has 1 aromatic carbocycles. The standard InChI is InChI=1S/C13H20N4/c1-4-9-17-12-8-6-5-7-11(12)15-13(17)10-14-16(2)3/h5-8,14H,4,9-10H2,1-3H3. The molecular formula is C13H20N4. The lowest BCUT2D eigenvalue weighted by molar-refractivity contribution is 0.280. The minimum atomic E-state index is 0.766. The molecule has 1 aromatic heterocycles. The Hall–Kier alpha value is -1.39. The molecular weight excluding hydrogens is 212 g/mol. The van der Waals surface area contributed by atoms with E-state index in [1.807, 2.05) is 25.2 Å². The molecule has 0 aliphatic rings. The van der Waals surface area contributed by atoms with Crippen LogP contribution in [0.1, 0.15) is 19.2 Å². The van der Waals surface area contributed by atoms with Crippen LogP contribution in [0, 0.1) is 0 Å². The number of rotatable bonds is 5. The van der Waals surface area contributed by atoms with Crippen molar-refractivity contribution < 1.29 is 0 Å². The molecule has 0 bridgehead atoms. The van der Waals surface area contributed by atoms with Crippen molar-refractivity contribution >= 4 is 11.0 Å². The van der Waals surface area contributed by atoms with Crippen LogP contribution in [0.5, 0.6) is 0 Å². The molecule has 0 unspecified atom stereocenters.